The van der Waals surface area contributed by atoms with E-state index in [1.807, 2.05) is 6.08 Å². The van der Waals surface area contributed by atoms with Crippen LogP contribution in [0.15, 0.2) is 24.3 Å². The van der Waals surface area contributed by atoms with Crippen LogP contribution < -0.4 is 0 Å². The molecule has 0 aliphatic rings. The maximum absolute atomic E-state index is 10.8. The molecule has 2 nitrogen and oxygen atoms in total. The summed E-state index contributed by atoms with van der Waals surface area (Å²) in [5, 5.41) is 0. The van der Waals surface area contributed by atoms with E-state index in [1.165, 1.54) is 18.9 Å². The lowest BCUT2D eigenvalue weighted by molar-refractivity contribution is -0.137. The van der Waals surface area contributed by atoms with Crippen molar-refractivity contribution in [3.05, 3.63) is 24.3 Å². The second-order valence-corrected chi connectivity index (χ2v) is 2.68. The third-order valence-electron chi connectivity index (χ3n) is 1.49. The molecule has 0 radical (unpaired) electrons. The van der Waals surface area contributed by atoms with E-state index < -0.39 is 0 Å². The van der Waals surface area contributed by atoms with Gasteiger partial charge in [0.2, 0.25) is 0 Å². The first-order valence-electron chi connectivity index (χ1n) is 4.81. The van der Waals surface area contributed by atoms with E-state index in [4.69, 9.17) is 4.74 Å². The summed E-state index contributed by atoms with van der Waals surface area (Å²) < 4.78 is 4.71. The highest BCUT2D eigenvalue weighted by molar-refractivity contribution is 5.82. The number of hydrogen-bond donors (Lipinski definition) is 0. The Morgan fingerprint density at radius 2 is 2.08 bits per heavy atom. The van der Waals surface area contributed by atoms with Gasteiger partial charge in [0.05, 0.1) is 6.61 Å². The zero-order valence-corrected chi connectivity index (χ0v) is 8.45. The van der Waals surface area contributed by atoms with Crippen LogP contribution in [0.5, 0.6) is 0 Å². The topological polar surface area (TPSA) is 26.3 Å². The van der Waals surface area contributed by atoms with Crippen molar-refractivity contribution in [1.29, 1.82) is 0 Å². The SMILES string of the molecule is CCCC/C=C/C=C/C(=O)OCC. The number of carbonyl (C=O) groups is 1. The Kier molecular flexibility index (Phi) is 8.31. The molecule has 13 heavy (non-hydrogen) atoms. The van der Waals surface area contributed by atoms with Gasteiger partial charge in [0.1, 0.15) is 0 Å². The molecule has 0 unspecified atom stereocenters. The molecule has 0 aromatic heterocycles. The minimum absolute atomic E-state index is 0.275. The predicted molar refractivity (Wildman–Crippen MR) is 54.4 cm³/mol. The largest absolute Gasteiger partial charge is 0.463 e. The van der Waals surface area contributed by atoms with Crippen LogP contribution in [0.3, 0.4) is 0 Å². The molecule has 74 valence electrons. The first-order chi connectivity index (χ1) is 6.31. The maximum atomic E-state index is 10.8. The smallest absolute Gasteiger partial charge is 0.330 e. The summed E-state index contributed by atoms with van der Waals surface area (Å²) in [6.45, 7) is 4.38. The molecule has 0 aliphatic carbocycles. The first-order valence-corrected chi connectivity index (χ1v) is 4.81. The summed E-state index contributed by atoms with van der Waals surface area (Å²) in [4.78, 5) is 10.8. The van der Waals surface area contributed by atoms with Gasteiger partial charge in [0.25, 0.3) is 0 Å². The molecule has 0 spiro atoms. The van der Waals surface area contributed by atoms with Gasteiger partial charge < -0.3 is 4.74 Å². The van der Waals surface area contributed by atoms with Gasteiger partial charge in [-0.3, -0.25) is 0 Å². The summed E-state index contributed by atoms with van der Waals surface area (Å²) >= 11 is 0. The van der Waals surface area contributed by atoms with E-state index in [0.717, 1.165) is 6.42 Å². The van der Waals surface area contributed by atoms with Gasteiger partial charge in [0.15, 0.2) is 0 Å². The van der Waals surface area contributed by atoms with Gasteiger partial charge in [-0.05, 0) is 13.3 Å². The summed E-state index contributed by atoms with van der Waals surface area (Å²) in [6, 6.07) is 0. The molecule has 2 heteroatoms. The van der Waals surface area contributed by atoms with Gasteiger partial charge in [-0.1, -0.05) is 38.0 Å². The Bertz CT molecular complexity index is 181. The van der Waals surface area contributed by atoms with E-state index >= 15 is 0 Å². The fraction of sp³-hybridized carbons (Fsp3) is 0.545. The highest BCUT2D eigenvalue weighted by atomic mass is 16.5. The van der Waals surface area contributed by atoms with Gasteiger partial charge in [0, 0.05) is 6.08 Å². The van der Waals surface area contributed by atoms with Crippen LogP contribution >= 0.6 is 0 Å². The molecule has 0 fully saturated rings. The van der Waals surface area contributed by atoms with Crippen molar-refractivity contribution in [2.45, 2.75) is 33.1 Å². The Labute approximate surface area is 80.3 Å². The normalized spacial score (nSPS) is 11.2. The summed E-state index contributed by atoms with van der Waals surface area (Å²) in [7, 11) is 0. The second kappa shape index (κ2) is 9.04. The molecule has 0 aromatic rings. The van der Waals surface area contributed by atoms with E-state index in [-0.39, 0.29) is 5.97 Å². The molecule has 0 rings (SSSR count). The Morgan fingerprint density at radius 1 is 1.31 bits per heavy atom. The molecule has 0 saturated carbocycles. The van der Waals surface area contributed by atoms with Crippen molar-refractivity contribution in [3.63, 3.8) is 0 Å². The van der Waals surface area contributed by atoms with Crippen molar-refractivity contribution in [2.24, 2.45) is 0 Å². The van der Waals surface area contributed by atoms with Gasteiger partial charge in [-0.2, -0.15) is 0 Å². The third-order valence-corrected chi connectivity index (χ3v) is 1.49. The maximum Gasteiger partial charge on any atom is 0.330 e. The van der Waals surface area contributed by atoms with Gasteiger partial charge in [-0.25, -0.2) is 4.79 Å². The minimum Gasteiger partial charge on any atom is -0.463 e. The van der Waals surface area contributed by atoms with Crippen LogP contribution in [0.2, 0.25) is 0 Å². The number of ether oxygens (including phenoxy) is 1. The average Bonchev–Trinajstić information content (AvgIpc) is 2.11. The molecule has 0 bridgehead atoms. The zero-order valence-electron chi connectivity index (χ0n) is 8.45. The lowest BCUT2D eigenvalue weighted by Crippen LogP contribution is -1.98. The molecule has 0 heterocycles. The quantitative estimate of drug-likeness (QED) is 0.273. The number of carbonyl (C=O) groups excluding carboxylic acids is 1. The van der Waals surface area contributed by atoms with Crippen LogP contribution in [0.25, 0.3) is 0 Å². The van der Waals surface area contributed by atoms with Crippen LogP contribution in [0.1, 0.15) is 33.1 Å². The van der Waals surface area contributed by atoms with E-state index in [1.54, 1.807) is 13.0 Å². The highest BCUT2D eigenvalue weighted by Crippen LogP contribution is 1.94. The standard InChI is InChI=1S/C11H18O2/c1-3-5-6-7-8-9-10-11(12)13-4-2/h7-10H,3-6H2,1-2H3/b8-7+,10-9+. The third kappa shape index (κ3) is 8.86. The highest BCUT2D eigenvalue weighted by Gasteiger charge is 1.89. The van der Waals surface area contributed by atoms with Crippen molar-refractivity contribution in [1.82, 2.24) is 0 Å². The summed E-state index contributed by atoms with van der Waals surface area (Å²) in [5.74, 6) is -0.275. The monoisotopic (exact) mass is 182 g/mol. The van der Waals surface area contributed by atoms with Crippen molar-refractivity contribution < 1.29 is 9.53 Å². The Morgan fingerprint density at radius 3 is 2.69 bits per heavy atom. The number of rotatable bonds is 6. The molecule has 0 saturated heterocycles. The minimum atomic E-state index is -0.275. The van der Waals surface area contributed by atoms with E-state index in [9.17, 15) is 4.79 Å². The average molecular weight is 182 g/mol. The Balaban J connectivity index is 3.49. The Hall–Kier alpha value is -1.05. The zero-order chi connectivity index (χ0) is 9.94. The first kappa shape index (κ1) is 11.9. The molecule has 0 N–H and O–H groups in total. The van der Waals surface area contributed by atoms with Crippen LogP contribution in [-0.4, -0.2) is 12.6 Å². The second-order valence-electron chi connectivity index (χ2n) is 2.68. The fourth-order valence-corrected chi connectivity index (χ4v) is 0.821. The lowest BCUT2D eigenvalue weighted by Gasteiger charge is -1.92. The summed E-state index contributed by atoms with van der Waals surface area (Å²) in [5.41, 5.74) is 0. The molecule has 0 atom stereocenters. The van der Waals surface area contributed by atoms with E-state index in [2.05, 4.69) is 13.0 Å². The number of hydrogen-bond acceptors (Lipinski definition) is 2. The molecule has 0 aromatic carbocycles. The molecule has 0 amide bonds. The van der Waals surface area contributed by atoms with Gasteiger partial charge >= 0.3 is 5.97 Å². The lowest BCUT2D eigenvalue weighted by atomic mass is 10.2. The van der Waals surface area contributed by atoms with Crippen LogP contribution in [0.4, 0.5) is 0 Å². The van der Waals surface area contributed by atoms with Crippen LogP contribution in [0, 0.1) is 0 Å². The van der Waals surface area contributed by atoms with Crippen molar-refractivity contribution in [3.8, 4) is 0 Å². The van der Waals surface area contributed by atoms with Crippen LogP contribution in [-0.2, 0) is 9.53 Å². The summed E-state index contributed by atoms with van der Waals surface area (Å²) in [6.07, 6.45) is 10.6. The molecular formula is C11H18O2. The van der Waals surface area contributed by atoms with Gasteiger partial charge in [-0.15, -0.1) is 0 Å². The van der Waals surface area contributed by atoms with Crippen molar-refractivity contribution >= 4 is 5.97 Å². The predicted octanol–water partition coefficient (Wildman–Crippen LogP) is 2.85. The number of esters is 1. The van der Waals surface area contributed by atoms with E-state index in [0.29, 0.717) is 6.61 Å². The van der Waals surface area contributed by atoms with Crippen molar-refractivity contribution in [2.75, 3.05) is 6.61 Å². The fourth-order valence-electron chi connectivity index (χ4n) is 0.821. The number of unbranched alkanes of at least 4 members (excludes halogenated alkanes) is 2. The molecular weight excluding hydrogens is 164 g/mol. The number of allylic oxidation sites excluding steroid dienone is 3. The molecule has 0 aliphatic heterocycles.